The van der Waals surface area contributed by atoms with Gasteiger partial charge in [0.2, 0.25) is 0 Å². The monoisotopic (exact) mass is 425 g/mol. The number of methoxy groups -OCH3 is 1. The van der Waals surface area contributed by atoms with E-state index in [1.54, 1.807) is 36.4 Å². The molecule has 0 aliphatic heterocycles. The third kappa shape index (κ3) is 5.25. The van der Waals surface area contributed by atoms with E-state index in [1.807, 2.05) is 0 Å². The molecule has 0 aliphatic carbocycles. The van der Waals surface area contributed by atoms with Crippen molar-refractivity contribution in [1.82, 2.24) is 4.90 Å². The highest BCUT2D eigenvalue weighted by atomic mass is 19.1. The third-order valence-electron chi connectivity index (χ3n) is 4.96. The molecule has 0 aliphatic rings. The summed E-state index contributed by atoms with van der Waals surface area (Å²) in [6, 6.07) is 15.8. The largest absolute Gasteiger partial charge is 0.497 e. The van der Waals surface area contributed by atoms with Gasteiger partial charge in [0.15, 0.2) is 0 Å². The number of rotatable bonds is 8. The lowest BCUT2D eigenvalue weighted by Gasteiger charge is -2.26. The predicted molar refractivity (Wildman–Crippen MR) is 112 cm³/mol. The Labute approximate surface area is 178 Å². The molecule has 3 aromatic rings. The van der Waals surface area contributed by atoms with Crippen LogP contribution in [0, 0.1) is 11.6 Å². The van der Waals surface area contributed by atoms with Crippen molar-refractivity contribution in [3.8, 4) is 16.9 Å². The Bertz CT molecular complexity index is 1070. The Kier molecular flexibility index (Phi) is 6.97. The summed E-state index contributed by atoms with van der Waals surface area (Å²) in [5.74, 6) is -0.492. The number of hydrogen-bond donors (Lipinski definition) is 1. The normalized spacial score (nSPS) is 11.6. The SMILES string of the molecule is COc1ccc(CN(C(=O)O)C(C=O)Cc2cccc(-c3cccc(F)c3)c2F)cc1. The lowest BCUT2D eigenvalue weighted by Crippen LogP contribution is -2.41. The lowest BCUT2D eigenvalue weighted by atomic mass is 9.98. The van der Waals surface area contributed by atoms with Crippen LogP contribution in [0.5, 0.6) is 5.75 Å². The molecule has 1 atom stereocenters. The molecule has 1 unspecified atom stereocenters. The highest BCUT2D eigenvalue weighted by molar-refractivity contribution is 5.72. The van der Waals surface area contributed by atoms with Crippen LogP contribution in [0.2, 0.25) is 0 Å². The van der Waals surface area contributed by atoms with E-state index in [2.05, 4.69) is 0 Å². The van der Waals surface area contributed by atoms with Crippen molar-refractivity contribution in [3.63, 3.8) is 0 Å². The van der Waals surface area contributed by atoms with E-state index in [4.69, 9.17) is 4.74 Å². The minimum atomic E-state index is -1.30. The van der Waals surface area contributed by atoms with Crippen LogP contribution in [0.15, 0.2) is 66.7 Å². The fourth-order valence-electron chi connectivity index (χ4n) is 3.33. The lowest BCUT2D eigenvalue weighted by molar-refractivity contribution is -0.112. The van der Waals surface area contributed by atoms with Gasteiger partial charge in [0, 0.05) is 18.5 Å². The minimum absolute atomic E-state index is 0.0477. The van der Waals surface area contributed by atoms with Crippen LogP contribution in [0.3, 0.4) is 0 Å². The van der Waals surface area contributed by atoms with Crippen LogP contribution in [-0.2, 0) is 17.8 Å². The average Bonchev–Trinajstić information content (AvgIpc) is 2.77. The van der Waals surface area contributed by atoms with Gasteiger partial charge >= 0.3 is 6.09 Å². The first kappa shape index (κ1) is 22.0. The summed E-state index contributed by atoms with van der Waals surface area (Å²) in [5, 5.41) is 9.65. The number of nitrogens with zero attached hydrogens (tertiary/aromatic N) is 1. The van der Waals surface area contributed by atoms with Crippen LogP contribution in [0.4, 0.5) is 13.6 Å². The molecule has 3 rings (SSSR count). The van der Waals surface area contributed by atoms with Gasteiger partial charge in [0.1, 0.15) is 23.7 Å². The summed E-state index contributed by atoms with van der Waals surface area (Å²) >= 11 is 0. The summed E-state index contributed by atoms with van der Waals surface area (Å²) in [6.45, 7) is -0.0477. The number of carboxylic acid groups (broad SMARTS) is 1. The molecule has 160 valence electrons. The van der Waals surface area contributed by atoms with Crippen LogP contribution in [-0.4, -0.2) is 35.5 Å². The van der Waals surface area contributed by atoms with Gasteiger partial charge in [0.05, 0.1) is 13.2 Å². The van der Waals surface area contributed by atoms with Gasteiger partial charge in [-0.2, -0.15) is 0 Å². The Morgan fingerprint density at radius 1 is 1.10 bits per heavy atom. The van der Waals surface area contributed by atoms with Gasteiger partial charge in [-0.05, 0) is 41.0 Å². The van der Waals surface area contributed by atoms with E-state index in [1.165, 1.54) is 37.4 Å². The van der Waals surface area contributed by atoms with E-state index in [9.17, 15) is 19.1 Å². The number of carbonyl (C=O) groups excluding carboxylic acids is 1. The van der Waals surface area contributed by atoms with Gasteiger partial charge in [-0.3, -0.25) is 4.90 Å². The highest BCUT2D eigenvalue weighted by Crippen LogP contribution is 2.27. The molecule has 3 aromatic carbocycles. The second-order valence-electron chi connectivity index (χ2n) is 6.96. The van der Waals surface area contributed by atoms with E-state index >= 15 is 4.39 Å². The molecule has 0 fully saturated rings. The molecule has 1 amide bonds. The fourth-order valence-corrected chi connectivity index (χ4v) is 3.33. The van der Waals surface area contributed by atoms with Crippen molar-refractivity contribution >= 4 is 12.4 Å². The van der Waals surface area contributed by atoms with E-state index in [0.29, 0.717) is 23.2 Å². The molecule has 1 N–H and O–H groups in total. The Hall–Kier alpha value is -3.74. The zero-order valence-electron chi connectivity index (χ0n) is 16.8. The molecular weight excluding hydrogens is 404 g/mol. The van der Waals surface area contributed by atoms with Crippen molar-refractivity contribution < 1.29 is 28.2 Å². The first-order valence-electron chi connectivity index (χ1n) is 9.54. The summed E-state index contributed by atoms with van der Waals surface area (Å²) in [4.78, 5) is 24.6. The number of benzene rings is 3. The van der Waals surface area contributed by atoms with Gasteiger partial charge in [-0.1, -0.05) is 42.5 Å². The first-order valence-corrected chi connectivity index (χ1v) is 9.54. The van der Waals surface area contributed by atoms with Gasteiger partial charge in [-0.15, -0.1) is 0 Å². The molecule has 5 nitrogen and oxygen atoms in total. The zero-order chi connectivity index (χ0) is 22.4. The Morgan fingerprint density at radius 2 is 1.81 bits per heavy atom. The number of carbonyl (C=O) groups is 2. The first-order chi connectivity index (χ1) is 14.9. The topological polar surface area (TPSA) is 66.8 Å². The van der Waals surface area contributed by atoms with Crippen LogP contribution < -0.4 is 4.74 Å². The summed E-state index contributed by atoms with van der Waals surface area (Å²) in [6.07, 6.45) is -0.956. The number of halogens is 2. The molecule has 0 radical (unpaired) electrons. The predicted octanol–water partition coefficient (Wildman–Crippen LogP) is 4.93. The third-order valence-corrected chi connectivity index (χ3v) is 4.96. The Balaban J connectivity index is 1.86. The molecule has 7 heteroatoms. The minimum Gasteiger partial charge on any atom is -0.497 e. The molecule has 0 saturated carbocycles. The molecule has 0 heterocycles. The number of ether oxygens (including phenoxy) is 1. The quantitative estimate of drug-likeness (QED) is 0.520. The molecule has 0 aromatic heterocycles. The summed E-state index contributed by atoms with van der Waals surface area (Å²) < 4.78 is 33.8. The molecular formula is C24H21F2NO4. The van der Waals surface area contributed by atoms with Crippen molar-refractivity contribution in [2.75, 3.05) is 7.11 Å². The molecule has 0 spiro atoms. The summed E-state index contributed by atoms with van der Waals surface area (Å²) in [7, 11) is 1.52. The standard InChI is InChI=1S/C24H21F2NO4/c1-31-21-10-8-16(9-11-21)14-27(24(29)30)20(15-28)13-18-5-3-7-22(23(18)26)17-4-2-6-19(25)12-17/h2-12,15,20H,13-14H2,1H3,(H,29,30). The average molecular weight is 425 g/mol. The van der Waals surface area contributed by atoms with E-state index in [0.717, 1.165) is 4.90 Å². The van der Waals surface area contributed by atoms with Crippen molar-refractivity contribution in [2.24, 2.45) is 0 Å². The number of hydrogen-bond acceptors (Lipinski definition) is 3. The maximum Gasteiger partial charge on any atom is 0.408 e. The maximum absolute atomic E-state index is 15.1. The van der Waals surface area contributed by atoms with E-state index < -0.39 is 23.8 Å². The highest BCUT2D eigenvalue weighted by Gasteiger charge is 2.25. The second kappa shape index (κ2) is 9.84. The molecule has 0 saturated heterocycles. The van der Waals surface area contributed by atoms with Crippen molar-refractivity contribution in [2.45, 2.75) is 19.0 Å². The fraction of sp³-hybridized carbons (Fsp3) is 0.167. The second-order valence-corrected chi connectivity index (χ2v) is 6.96. The van der Waals surface area contributed by atoms with Gasteiger partial charge < -0.3 is 14.6 Å². The Morgan fingerprint density at radius 3 is 2.42 bits per heavy atom. The smallest absolute Gasteiger partial charge is 0.408 e. The zero-order valence-corrected chi connectivity index (χ0v) is 16.8. The van der Waals surface area contributed by atoms with Gasteiger partial charge in [-0.25, -0.2) is 13.6 Å². The van der Waals surface area contributed by atoms with E-state index in [-0.39, 0.29) is 24.1 Å². The molecule has 31 heavy (non-hydrogen) atoms. The number of aldehydes is 1. The van der Waals surface area contributed by atoms with Crippen molar-refractivity contribution in [3.05, 3.63) is 89.5 Å². The van der Waals surface area contributed by atoms with Crippen LogP contribution in [0.25, 0.3) is 11.1 Å². The van der Waals surface area contributed by atoms with Gasteiger partial charge in [0.25, 0.3) is 0 Å². The van der Waals surface area contributed by atoms with Crippen LogP contribution >= 0.6 is 0 Å². The number of amides is 1. The molecule has 0 bridgehead atoms. The summed E-state index contributed by atoms with van der Waals surface area (Å²) in [5.41, 5.74) is 1.36. The van der Waals surface area contributed by atoms with Crippen LogP contribution in [0.1, 0.15) is 11.1 Å². The van der Waals surface area contributed by atoms with Crippen molar-refractivity contribution in [1.29, 1.82) is 0 Å². The maximum atomic E-state index is 15.1.